The Morgan fingerprint density at radius 2 is 1.61 bits per heavy atom. The first-order valence-corrected chi connectivity index (χ1v) is 5.45. The Hall–Kier alpha value is -2.08. The molecule has 2 rings (SSSR count). The van der Waals surface area contributed by atoms with Gasteiger partial charge in [0.15, 0.2) is 0 Å². The number of carboxylic acid groups (broad SMARTS) is 1. The van der Waals surface area contributed by atoms with Crippen molar-refractivity contribution in [2.75, 3.05) is 0 Å². The minimum atomic E-state index is -0.808. The lowest BCUT2D eigenvalue weighted by Gasteiger charge is -1.95. The highest BCUT2D eigenvalue weighted by Gasteiger charge is 2.06. The molecule has 0 bridgehead atoms. The van der Waals surface area contributed by atoms with Crippen molar-refractivity contribution < 1.29 is 19.5 Å². The molecule has 0 aliphatic carbocycles. The molecule has 1 aliphatic heterocycles. The highest BCUT2D eigenvalue weighted by Crippen LogP contribution is 2.07. The largest absolute Gasteiger partial charge is 0.481 e. The molecule has 0 unspecified atom stereocenters. The molecule has 18 heavy (non-hydrogen) atoms. The van der Waals surface area contributed by atoms with E-state index in [1.165, 1.54) is 12.2 Å². The van der Waals surface area contributed by atoms with E-state index in [9.17, 15) is 14.4 Å². The average molecular weight is 265 g/mol. The molecule has 2 amide bonds. The van der Waals surface area contributed by atoms with Gasteiger partial charge in [0.25, 0.3) is 11.8 Å². The Kier molecular flexibility index (Phi) is 5.13. The van der Waals surface area contributed by atoms with Gasteiger partial charge in [-0.2, -0.15) is 0 Å². The second-order valence-electron chi connectivity index (χ2n) is 3.42. The number of aliphatic carboxylic acids is 1. The fourth-order valence-corrected chi connectivity index (χ4v) is 1.29. The first kappa shape index (κ1) is 14.0. The molecule has 6 heteroatoms. The fourth-order valence-electron chi connectivity index (χ4n) is 1.14. The summed E-state index contributed by atoms with van der Waals surface area (Å²) in [5.74, 6) is -1.47. The maximum atomic E-state index is 10.2. The van der Waals surface area contributed by atoms with E-state index < -0.39 is 5.97 Å². The minimum Gasteiger partial charge on any atom is -0.481 e. The number of carbonyl (C=O) groups excluding carboxylic acids is 2. The van der Waals surface area contributed by atoms with Gasteiger partial charge < -0.3 is 5.11 Å². The van der Waals surface area contributed by atoms with E-state index in [0.717, 1.165) is 10.5 Å². The van der Waals surface area contributed by atoms with Crippen LogP contribution in [0.15, 0.2) is 41.3 Å². The number of amides is 2. The summed E-state index contributed by atoms with van der Waals surface area (Å²) in [6.45, 7) is 0. The quantitative estimate of drug-likeness (QED) is 0.545. The molecule has 1 aliphatic rings. The second kappa shape index (κ2) is 6.61. The second-order valence-corrected chi connectivity index (χ2v) is 3.94. The molecule has 1 heterocycles. The average Bonchev–Trinajstić information content (AvgIpc) is 2.66. The van der Waals surface area contributed by atoms with Gasteiger partial charge in [0, 0.05) is 17.0 Å². The summed E-state index contributed by atoms with van der Waals surface area (Å²) >= 11 is 4.07. The molecule has 0 saturated heterocycles. The maximum Gasteiger partial charge on any atom is 0.307 e. The van der Waals surface area contributed by atoms with Crippen LogP contribution in [0.2, 0.25) is 0 Å². The first-order chi connectivity index (χ1) is 8.47. The third-order valence-electron chi connectivity index (χ3n) is 1.92. The lowest BCUT2D eigenvalue weighted by Crippen LogP contribution is -2.19. The van der Waals surface area contributed by atoms with Crippen LogP contribution >= 0.6 is 12.6 Å². The molecular formula is C12H11NO4S. The summed E-state index contributed by atoms with van der Waals surface area (Å²) < 4.78 is 0. The predicted molar refractivity (Wildman–Crippen MR) is 67.3 cm³/mol. The molecule has 1 aromatic rings. The van der Waals surface area contributed by atoms with Gasteiger partial charge in [-0.25, -0.2) is 0 Å². The highest BCUT2D eigenvalue weighted by atomic mass is 32.1. The monoisotopic (exact) mass is 265 g/mol. The summed E-state index contributed by atoms with van der Waals surface area (Å²) in [7, 11) is 0. The van der Waals surface area contributed by atoms with Crippen molar-refractivity contribution in [1.29, 1.82) is 0 Å². The molecule has 5 nitrogen and oxygen atoms in total. The van der Waals surface area contributed by atoms with Gasteiger partial charge in [0.05, 0.1) is 6.42 Å². The van der Waals surface area contributed by atoms with Crippen LogP contribution in [0.3, 0.4) is 0 Å². The number of hydrogen-bond acceptors (Lipinski definition) is 4. The number of nitrogens with one attached hydrogen (secondary N) is 1. The number of thiol groups is 1. The molecule has 0 spiro atoms. The van der Waals surface area contributed by atoms with Crippen molar-refractivity contribution in [3.05, 3.63) is 42.0 Å². The fraction of sp³-hybridized carbons (Fsp3) is 0.0833. The van der Waals surface area contributed by atoms with E-state index in [2.05, 4.69) is 12.6 Å². The smallest absolute Gasteiger partial charge is 0.307 e. The van der Waals surface area contributed by atoms with E-state index in [4.69, 9.17) is 5.11 Å². The summed E-state index contributed by atoms with van der Waals surface area (Å²) in [6.07, 6.45) is 2.47. The van der Waals surface area contributed by atoms with E-state index >= 15 is 0 Å². The summed E-state index contributed by atoms with van der Waals surface area (Å²) in [5, 5.41) is 10.4. The van der Waals surface area contributed by atoms with Crippen LogP contribution in [0, 0.1) is 0 Å². The Morgan fingerprint density at radius 1 is 1.11 bits per heavy atom. The number of imide groups is 1. The zero-order valence-electron chi connectivity index (χ0n) is 9.29. The summed E-state index contributed by atoms with van der Waals surface area (Å²) in [4.78, 5) is 31.2. The van der Waals surface area contributed by atoms with E-state index in [0.29, 0.717) is 0 Å². The lowest BCUT2D eigenvalue weighted by molar-refractivity contribution is -0.136. The standard InChI is InChI=1S/C8H8O2S.C4H3NO2/c9-8(10)5-6-1-3-7(11)4-2-6;6-3-1-2-4(7)5-3/h1-4,11H,5H2,(H,9,10);1-2H,(H,5,6,7). The predicted octanol–water partition coefficient (Wildman–Crippen LogP) is 0.801. The summed E-state index contributed by atoms with van der Waals surface area (Å²) in [5.41, 5.74) is 0.801. The molecule has 1 aromatic carbocycles. The van der Waals surface area contributed by atoms with Crippen molar-refractivity contribution in [3.63, 3.8) is 0 Å². The topological polar surface area (TPSA) is 83.5 Å². The Bertz CT molecular complexity index is 477. The SMILES string of the molecule is O=C(O)Cc1ccc(S)cc1.O=C1C=CC(=O)N1. The summed E-state index contributed by atoms with van der Waals surface area (Å²) in [6, 6.07) is 7.08. The van der Waals surface area contributed by atoms with Gasteiger partial charge in [0.2, 0.25) is 0 Å². The third-order valence-corrected chi connectivity index (χ3v) is 2.22. The molecule has 0 radical (unpaired) electrons. The van der Waals surface area contributed by atoms with Crippen molar-refractivity contribution in [1.82, 2.24) is 5.32 Å². The third kappa shape index (κ3) is 5.31. The minimum absolute atomic E-state index is 0.0774. The Balaban J connectivity index is 0.000000199. The van der Waals surface area contributed by atoms with Crippen molar-refractivity contribution in [3.8, 4) is 0 Å². The van der Waals surface area contributed by atoms with Gasteiger partial charge in [-0.1, -0.05) is 12.1 Å². The van der Waals surface area contributed by atoms with Gasteiger partial charge in [-0.3, -0.25) is 19.7 Å². The van der Waals surface area contributed by atoms with Gasteiger partial charge in [0.1, 0.15) is 0 Å². The number of hydrogen-bond donors (Lipinski definition) is 3. The van der Waals surface area contributed by atoms with Gasteiger partial charge >= 0.3 is 5.97 Å². The molecule has 0 atom stereocenters. The normalized spacial score (nSPS) is 12.7. The molecular weight excluding hydrogens is 254 g/mol. The van der Waals surface area contributed by atoms with Gasteiger partial charge in [-0.15, -0.1) is 12.6 Å². The van der Waals surface area contributed by atoms with Gasteiger partial charge in [-0.05, 0) is 17.7 Å². The van der Waals surface area contributed by atoms with Crippen LogP contribution in [0.5, 0.6) is 0 Å². The number of rotatable bonds is 2. The van der Waals surface area contributed by atoms with Crippen molar-refractivity contribution in [2.45, 2.75) is 11.3 Å². The van der Waals surface area contributed by atoms with Crippen LogP contribution in [0.4, 0.5) is 0 Å². The maximum absolute atomic E-state index is 10.2. The number of carboxylic acids is 1. The highest BCUT2D eigenvalue weighted by molar-refractivity contribution is 7.80. The van der Waals surface area contributed by atoms with E-state index in [1.807, 2.05) is 5.32 Å². The van der Waals surface area contributed by atoms with E-state index in [1.54, 1.807) is 24.3 Å². The lowest BCUT2D eigenvalue weighted by atomic mass is 10.2. The zero-order valence-corrected chi connectivity index (χ0v) is 10.2. The van der Waals surface area contributed by atoms with Crippen molar-refractivity contribution >= 4 is 30.4 Å². The first-order valence-electron chi connectivity index (χ1n) is 5.00. The Morgan fingerprint density at radius 3 is 1.94 bits per heavy atom. The van der Waals surface area contributed by atoms with Crippen LogP contribution in [0.1, 0.15) is 5.56 Å². The molecule has 0 aromatic heterocycles. The van der Waals surface area contributed by atoms with Crippen molar-refractivity contribution in [2.24, 2.45) is 0 Å². The van der Waals surface area contributed by atoms with Crippen LogP contribution < -0.4 is 5.32 Å². The molecule has 2 N–H and O–H groups in total. The number of carbonyl (C=O) groups is 3. The molecule has 94 valence electrons. The Labute approximate surface area is 109 Å². The number of benzene rings is 1. The molecule has 0 fully saturated rings. The van der Waals surface area contributed by atoms with Crippen LogP contribution in [0.25, 0.3) is 0 Å². The zero-order chi connectivity index (χ0) is 13.5. The molecule has 0 saturated carbocycles. The van der Waals surface area contributed by atoms with Crippen LogP contribution in [-0.2, 0) is 20.8 Å². The van der Waals surface area contributed by atoms with E-state index in [-0.39, 0.29) is 18.2 Å². The van der Waals surface area contributed by atoms with Crippen LogP contribution in [-0.4, -0.2) is 22.9 Å².